The van der Waals surface area contributed by atoms with E-state index in [2.05, 4.69) is 4.98 Å². The Morgan fingerprint density at radius 1 is 1.15 bits per heavy atom. The fraction of sp³-hybridized carbons (Fsp3) is 0.500. The first-order valence-corrected chi connectivity index (χ1v) is 7.31. The fourth-order valence-electron chi connectivity index (χ4n) is 3.12. The zero-order valence-electron chi connectivity index (χ0n) is 11.5. The third kappa shape index (κ3) is 2.35. The zero-order chi connectivity index (χ0) is 14.1. The number of hydrogen-bond donors (Lipinski definition) is 4. The Hall–Kier alpha value is -1.36. The molecule has 1 aliphatic carbocycles. The van der Waals surface area contributed by atoms with E-state index in [0.717, 1.165) is 23.7 Å². The lowest BCUT2D eigenvalue weighted by molar-refractivity contribution is 0.00428. The minimum absolute atomic E-state index is 0.125. The van der Waals surface area contributed by atoms with Crippen LogP contribution in [-0.4, -0.2) is 33.0 Å². The smallest absolute Gasteiger partial charge is 0.105 e. The van der Waals surface area contributed by atoms with Crippen molar-refractivity contribution in [3.63, 3.8) is 0 Å². The normalized spacial score (nSPS) is 17.9. The second-order valence-corrected chi connectivity index (χ2v) is 5.62. The summed E-state index contributed by atoms with van der Waals surface area (Å²) >= 11 is 0. The molecule has 0 amide bonds. The fourth-order valence-corrected chi connectivity index (χ4v) is 3.12. The van der Waals surface area contributed by atoms with Crippen molar-refractivity contribution >= 4 is 10.9 Å². The van der Waals surface area contributed by atoms with E-state index in [1.807, 2.05) is 18.2 Å². The standard InChI is InChI=1S/C16H21NO3/c18-8-7-15(19)16(20)10-5-6-14-12(9-10)11-3-1-2-4-13(11)17-14/h5-6,9,15-20H,1-4,7-8H2. The van der Waals surface area contributed by atoms with Gasteiger partial charge in [-0.1, -0.05) is 6.07 Å². The number of rotatable bonds is 4. The van der Waals surface area contributed by atoms with Crippen LogP contribution in [0.2, 0.25) is 0 Å². The summed E-state index contributed by atoms with van der Waals surface area (Å²) in [5.41, 5.74) is 4.49. The van der Waals surface area contributed by atoms with Gasteiger partial charge in [-0.15, -0.1) is 0 Å². The molecule has 4 heteroatoms. The average Bonchev–Trinajstić information content (AvgIpc) is 2.84. The molecular formula is C16H21NO3. The topological polar surface area (TPSA) is 76.5 Å². The van der Waals surface area contributed by atoms with Crippen molar-refractivity contribution in [2.75, 3.05) is 6.61 Å². The Labute approximate surface area is 118 Å². The highest BCUT2D eigenvalue weighted by molar-refractivity contribution is 5.85. The number of aliphatic hydroxyl groups is 3. The summed E-state index contributed by atoms with van der Waals surface area (Å²) in [7, 11) is 0. The van der Waals surface area contributed by atoms with Crippen molar-refractivity contribution in [1.82, 2.24) is 4.98 Å². The average molecular weight is 275 g/mol. The molecule has 0 fully saturated rings. The molecule has 0 saturated heterocycles. The van der Waals surface area contributed by atoms with Gasteiger partial charge in [0.1, 0.15) is 6.10 Å². The van der Waals surface area contributed by atoms with Crippen LogP contribution in [0.25, 0.3) is 10.9 Å². The highest BCUT2D eigenvalue weighted by Crippen LogP contribution is 2.31. The lowest BCUT2D eigenvalue weighted by Crippen LogP contribution is -2.19. The molecule has 0 spiro atoms. The maximum atomic E-state index is 10.1. The Bertz CT molecular complexity index is 605. The van der Waals surface area contributed by atoms with Crippen molar-refractivity contribution < 1.29 is 15.3 Å². The Kier molecular flexibility index (Phi) is 3.78. The number of aliphatic hydroxyl groups excluding tert-OH is 3. The Balaban J connectivity index is 1.97. The van der Waals surface area contributed by atoms with Gasteiger partial charge in [-0.05, 0) is 55.4 Å². The highest BCUT2D eigenvalue weighted by Gasteiger charge is 2.20. The Morgan fingerprint density at radius 2 is 1.95 bits per heavy atom. The summed E-state index contributed by atoms with van der Waals surface area (Å²) < 4.78 is 0. The second-order valence-electron chi connectivity index (χ2n) is 5.62. The summed E-state index contributed by atoms with van der Waals surface area (Å²) in [5.74, 6) is 0. The van der Waals surface area contributed by atoms with Gasteiger partial charge < -0.3 is 20.3 Å². The highest BCUT2D eigenvalue weighted by atomic mass is 16.3. The lowest BCUT2D eigenvalue weighted by atomic mass is 9.94. The van der Waals surface area contributed by atoms with Gasteiger partial charge >= 0.3 is 0 Å². The SMILES string of the molecule is OCCC(O)C(O)c1ccc2[nH]c3c(c2c1)CCCC3. The molecule has 2 atom stereocenters. The number of fused-ring (bicyclic) bond motifs is 3. The molecule has 20 heavy (non-hydrogen) atoms. The quantitative estimate of drug-likeness (QED) is 0.687. The van der Waals surface area contributed by atoms with E-state index in [1.165, 1.54) is 24.1 Å². The summed E-state index contributed by atoms with van der Waals surface area (Å²) in [4.78, 5) is 3.45. The molecular weight excluding hydrogens is 254 g/mol. The van der Waals surface area contributed by atoms with Crippen molar-refractivity contribution in [3.8, 4) is 0 Å². The van der Waals surface area contributed by atoms with Gasteiger partial charge in [0, 0.05) is 23.2 Å². The molecule has 0 radical (unpaired) electrons. The van der Waals surface area contributed by atoms with E-state index in [1.54, 1.807) is 0 Å². The maximum Gasteiger partial charge on any atom is 0.105 e. The van der Waals surface area contributed by atoms with Crippen LogP contribution in [0.4, 0.5) is 0 Å². The molecule has 1 aliphatic rings. The van der Waals surface area contributed by atoms with Crippen LogP contribution in [0, 0.1) is 0 Å². The van der Waals surface area contributed by atoms with Crippen LogP contribution in [0.15, 0.2) is 18.2 Å². The van der Waals surface area contributed by atoms with Gasteiger partial charge in [0.15, 0.2) is 0 Å². The van der Waals surface area contributed by atoms with E-state index in [0.29, 0.717) is 5.56 Å². The number of H-pyrrole nitrogens is 1. The van der Waals surface area contributed by atoms with E-state index in [-0.39, 0.29) is 13.0 Å². The van der Waals surface area contributed by atoms with Crippen molar-refractivity contribution in [3.05, 3.63) is 35.0 Å². The van der Waals surface area contributed by atoms with Gasteiger partial charge in [-0.2, -0.15) is 0 Å². The van der Waals surface area contributed by atoms with E-state index >= 15 is 0 Å². The molecule has 1 aromatic heterocycles. The van der Waals surface area contributed by atoms with Crippen LogP contribution < -0.4 is 0 Å². The first kappa shape index (κ1) is 13.6. The molecule has 108 valence electrons. The van der Waals surface area contributed by atoms with E-state index in [9.17, 15) is 10.2 Å². The van der Waals surface area contributed by atoms with Crippen molar-refractivity contribution in [1.29, 1.82) is 0 Å². The van der Waals surface area contributed by atoms with Gasteiger partial charge in [0.25, 0.3) is 0 Å². The predicted octanol–water partition coefficient (Wildman–Crippen LogP) is 1.82. The Morgan fingerprint density at radius 3 is 2.75 bits per heavy atom. The van der Waals surface area contributed by atoms with Gasteiger partial charge in [-0.3, -0.25) is 0 Å². The van der Waals surface area contributed by atoms with Crippen molar-refractivity contribution in [2.24, 2.45) is 0 Å². The molecule has 1 aromatic carbocycles. The molecule has 2 unspecified atom stereocenters. The number of aromatic nitrogens is 1. The summed E-state index contributed by atoms with van der Waals surface area (Å²) in [6.45, 7) is -0.125. The number of benzene rings is 1. The largest absolute Gasteiger partial charge is 0.396 e. The minimum atomic E-state index is -0.944. The van der Waals surface area contributed by atoms with Crippen LogP contribution >= 0.6 is 0 Å². The first-order chi connectivity index (χ1) is 9.70. The zero-order valence-corrected chi connectivity index (χ0v) is 11.5. The molecule has 4 N–H and O–H groups in total. The van der Waals surface area contributed by atoms with E-state index in [4.69, 9.17) is 5.11 Å². The third-order valence-corrected chi connectivity index (χ3v) is 4.25. The third-order valence-electron chi connectivity index (χ3n) is 4.25. The summed E-state index contributed by atoms with van der Waals surface area (Å²) in [5, 5.41) is 30.0. The molecule has 1 heterocycles. The number of aromatic amines is 1. The van der Waals surface area contributed by atoms with Gasteiger partial charge in [-0.25, -0.2) is 0 Å². The van der Waals surface area contributed by atoms with Gasteiger partial charge in [0.2, 0.25) is 0 Å². The lowest BCUT2D eigenvalue weighted by Gasteiger charge is -2.17. The summed E-state index contributed by atoms with van der Waals surface area (Å²) in [6, 6.07) is 5.79. The number of aryl methyl sites for hydroxylation is 2. The minimum Gasteiger partial charge on any atom is -0.396 e. The molecule has 3 rings (SSSR count). The predicted molar refractivity (Wildman–Crippen MR) is 77.6 cm³/mol. The molecule has 0 aliphatic heterocycles. The van der Waals surface area contributed by atoms with Crippen LogP contribution in [0.5, 0.6) is 0 Å². The summed E-state index contributed by atoms with van der Waals surface area (Å²) in [6.07, 6.45) is 2.92. The first-order valence-electron chi connectivity index (χ1n) is 7.31. The molecule has 0 bridgehead atoms. The van der Waals surface area contributed by atoms with Crippen molar-refractivity contribution in [2.45, 2.75) is 44.3 Å². The molecule has 0 saturated carbocycles. The maximum absolute atomic E-state index is 10.1. The van der Waals surface area contributed by atoms with Crippen LogP contribution in [0.3, 0.4) is 0 Å². The van der Waals surface area contributed by atoms with Crippen LogP contribution in [-0.2, 0) is 12.8 Å². The second kappa shape index (κ2) is 5.56. The number of nitrogens with one attached hydrogen (secondary N) is 1. The van der Waals surface area contributed by atoms with Gasteiger partial charge in [0.05, 0.1) is 6.10 Å². The van der Waals surface area contributed by atoms with Crippen LogP contribution in [0.1, 0.15) is 42.2 Å². The van der Waals surface area contributed by atoms with E-state index < -0.39 is 12.2 Å². The molecule has 4 nitrogen and oxygen atoms in total. The number of hydrogen-bond acceptors (Lipinski definition) is 3. The monoisotopic (exact) mass is 275 g/mol. The molecule has 2 aromatic rings.